The molecule has 90 valence electrons. The molecule has 1 aromatic heterocycles. The molecule has 1 fully saturated rings. The summed E-state index contributed by atoms with van der Waals surface area (Å²) in [5.74, 6) is 0. The van der Waals surface area contributed by atoms with Crippen LogP contribution in [0.4, 0.5) is 0 Å². The Hall–Kier alpha value is -0.0500. The predicted molar refractivity (Wildman–Crippen MR) is 72.3 cm³/mol. The first-order chi connectivity index (χ1) is 7.84. The Morgan fingerprint density at radius 1 is 1.12 bits per heavy atom. The van der Waals surface area contributed by atoms with Gasteiger partial charge in [-0.3, -0.25) is 0 Å². The zero-order chi connectivity index (χ0) is 11.2. The van der Waals surface area contributed by atoms with Gasteiger partial charge in [0.25, 0.3) is 0 Å². The van der Waals surface area contributed by atoms with Gasteiger partial charge in [0.1, 0.15) is 0 Å². The highest BCUT2D eigenvalue weighted by atomic mass is 35.5. The van der Waals surface area contributed by atoms with Gasteiger partial charge < -0.3 is 5.32 Å². The lowest BCUT2D eigenvalue weighted by Gasteiger charge is -2.20. The van der Waals surface area contributed by atoms with Crippen LogP contribution >= 0.6 is 22.9 Å². The lowest BCUT2D eigenvalue weighted by Crippen LogP contribution is -2.28. The molecule has 1 N–H and O–H groups in total. The van der Waals surface area contributed by atoms with Gasteiger partial charge in [0, 0.05) is 17.5 Å². The van der Waals surface area contributed by atoms with Crippen LogP contribution in [0.25, 0.3) is 0 Å². The van der Waals surface area contributed by atoms with E-state index < -0.39 is 0 Å². The number of hydrogen-bond donors (Lipinski definition) is 1. The van der Waals surface area contributed by atoms with Gasteiger partial charge >= 0.3 is 0 Å². The number of rotatable bonds is 3. The molecule has 0 radical (unpaired) electrons. The highest BCUT2D eigenvalue weighted by molar-refractivity contribution is 7.16. The van der Waals surface area contributed by atoms with Crippen molar-refractivity contribution in [2.45, 2.75) is 57.5 Å². The summed E-state index contributed by atoms with van der Waals surface area (Å²) in [4.78, 5) is 1.35. The van der Waals surface area contributed by atoms with Crippen LogP contribution in [0.2, 0.25) is 4.34 Å². The number of hydrogen-bond acceptors (Lipinski definition) is 2. The summed E-state index contributed by atoms with van der Waals surface area (Å²) in [7, 11) is 0. The minimum atomic E-state index is 0.723. The summed E-state index contributed by atoms with van der Waals surface area (Å²) in [5.41, 5.74) is 0. The lowest BCUT2D eigenvalue weighted by atomic mass is 9.97. The topological polar surface area (TPSA) is 12.0 Å². The van der Waals surface area contributed by atoms with Gasteiger partial charge in [-0.2, -0.15) is 0 Å². The summed E-state index contributed by atoms with van der Waals surface area (Å²) in [5, 5.41) is 3.67. The monoisotopic (exact) mass is 257 g/mol. The molecule has 0 unspecified atom stereocenters. The first kappa shape index (κ1) is 12.4. The minimum absolute atomic E-state index is 0.723. The van der Waals surface area contributed by atoms with Crippen LogP contribution in [-0.4, -0.2) is 6.04 Å². The average Bonchev–Trinajstić information content (AvgIpc) is 2.63. The molecule has 0 aromatic carbocycles. The van der Waals surface area contributed by atoms with E-state index in [0.717, 1.165) is 16.9 Å². The Balaban J connectivity index is 1.75. The Labute approximate surface area is 107 Å². The summed E-state index contributed by atoms with van der Waals surface area (Å²) < 4.78 is 0.898. The Morgan fingerprint density at radius 2 is 1.81 bits per heavy atom. The molecule has 0 amide bonds. The first-order valence-electron chi connectivity index (χ1n) is 6.32. The maximum Gasteiger partial charge on any atom is 0.0931 e. The SMILES string of the molecule is Clc1ccc(CNC2CCCCCCC2)s1. The van der Waals surface area contributed by atoms with Crippen molar-refractivity contribution < 1.29 is 0 Å². The van der Waals surface area contributed by atoms with Crippen LogP contribution in [0.1, 0.15) is 49.8 Å². The molecule has 1 aliphatic carbocycles. The summed E-state index contributed by atoms with van der Waals surface area (Å²) in [6.45, 7) is 0.988. The molecular formula is C13H20ClNS. The molecule has 0 saturated heterocycles. The lowest BCUT2D eigenvalue weighted by molar-refractivity contribution is 0.390. The van der Waals surface area contributed by atoms with E-state index in [0.29, 0.717) is 0 Å². The van der Waals surface area contributed by atoms with Gasteiger partial charge in [-0.25, -0.2) is 0 Å². The normalized spacial score (nSPS) is 19.3. The average molecular weight is 258 g/mol. The second-order valence-corrected chi connectivity index (χ2v) is 6.43. The Bertz CT molecular complexity index is 303. The van der Waals surface area contributed by atoms with E-state index in [1.165, 1.54) is 49.8 Å². The summed E-state index contributed by atoms with van der Waals surface area (Å²) >= 11 is 7.61. The third-order valence-electron chi connectivity index (χ3n) is 3.30. The van der Waals surface area contributed by atoms with Crippen LogP contribution in [0, 0.1) is 0 Å². The molecule has 1 nitrogen and oxygen atoms in total. The van der Waals surface area contributed by atoms with E-state index in [9.17, 15) is 0 Å². The van der Waals surface area contributed by atoms with E-state index in [-0.39, 0.29) is 0 Å². The molecule has 0 aliphatic heterocycles. The van der Waals surface area contributed by atoms with Crippen molar-refractivity contribution in [3.05, 3.63) is 21.3 Å². The molecule has 1 aliphatic rings. The molecule has 16 heavy (non-hydrogen) atoms. The second kappa shape index (κ2) is 6.63. The number of nitrogens with one attached hydrogen (secondary N) is 1. The predicted octanol–water partition coefficient (Wildman–Crippen LogP) is 4.60. The summed E-state index contributed by atoms with van der Waals surface area (Å²) in [6.07, 6.45) is 9.75. The van der Waals surface area contributed by atoms with Gasteiger partial charge in [0.2, 0.25) is 0 Å². The minimum Gasteiger partial charge on any atom is -0.309 e. The fourth-order valence-corrected chi connectivity index (χ4v) is 3.39. The second-order valence-electron chi connectivity index (χ2n) is 4.63. The largest absolute Gasteiger partial charge is 0.309 e. The Kier molecular flexibility index (Phi) is 5.14. The van der Waals surface area contributed by atoms with Gasteiger partial charge in [-0.15, -0.1) is 11.3 Å². The van der Waals surface area contributed by atoms with Crippen LogP contribution in [-0.2, 0) is 6.54 Å². The molecule has 3 heteroatoms. The maximum absolute atomic E-state index is 5.92. The van der Waals surface area contributed by atoms with Crippen molar-refractivity contribution in [1.82, 2.24) is 5.32 Å². The van der Waals surface area contributed by atoms with Crippen LogP contribution in [0.5, 0.6) is 0 Å². The van der Waals surface area contributed by atoms with Crippen molar-refractivity contribution in [2.75, 3.05) is 0 Å². The van der Waals surface area contributed by atoms with Crippen molar-refractivity contribution in [3.8, 4) is 0 Å². The molecule has 1 heterocycles. The fraction of sp³-hybridized carbons (Fsp3) is 0.692. The van der Waals surface area contributed by atoms with Crippen LogP contribution in [0.15, 0.2) is 12.1 Å². The number of halogens is 1. The van der Waals surface area contributed by atoms with Crippen LogP contribution < -0.4 is 5.32 Å². The third kappa shape index (κ3) is 4.08. The molecular weight excluding hydrogens is 238 g/mol. The van der Waals surface area contributed by atoms with Crippen LogP contribution in [0.3, 0.4) is 0 Å². The zero-order valence-electron chi connectivity index (χ0n) is 9.68. The third-order valence-corrected chi connectivity index (χ3v) is 4.53. The summed E-state index contributed by atoms with van der Waals surface area (Å²) in [6, 6.07) is 4.84. The van der Waals surface area contributed by atoms with Gasteiger partial charge in [-0.1, -0.05) is 43.7 Å². The highest BCUT2D eigenvalue weighted by Gasteiger charge is 2.10. The smallest absolute Gasteiger partial charge is 0.0931 e. The van der Waals surface area contributed by atoms with E-state index in [1.54, 1.807) is 11.3 Å². The molecule has 0 bridgehead atoms. The standard InChI is InChI=1S/C13H20ClNS/c14-13-9-8-12(16-13)10-15-11-6-4-2-1-3-5-7-11/h8-9,11,15H,1-7,10H2. The van der Waals surface area contributed by atoms with Crippen molar-refractivity contribution in [1.29, 1.82) is 0 Å². The molecule has 0 atom stereocenters. The molecule has 0 spiro atoms. The van der Waals surface area contributed by atoms with Gasteiger partial charge in [0.15, 0.2) is 0 Å². The molecule has 1 saturated carbocycles. The number of thiophene rings is 1. The maximum atomic E-state index is 5.92. The Morgan fingerprint density at radius 3 is 2.44 bits per heavy atom. The van der Waals surface area contributed by atoms with E-state index in [1.807, 2.05) is 6.07 Å². The van der Waals surface area contributed by atoms with Crippen molar-refractivity contribution >= 4 is 22.9 Å². The van der Waals surface area contributed by atoms with E-state index >= 15 is 0 Å². The fourth-order valence-electron chi connectivity index (χ4n) is 2.35. The van der Waals surface area contributed by atoms with Crippen molar-refractivity contribution in [3.63, 3.8) is 0 Å². The van der Waals surface area contributed by atoms with Gasteiger partial charge in [-0.05, 0) is 25.0 Å². The molecule has 2 rings (SSSR count). The van der Waals surface area contributed by atoms with Gasteiger partial charge in [0.05, 0.1) is 4.34 Å². The first-order valence-corrected chi connectivity index (χ1v) is 7.51. The quantitative estimate of drug-likeness (QED) is 0.834. The zero-order valence-corrected chi connectivity index (χ0v) is 11.2. The molecule has 1 aromatic rings. The van der Waals surface area contributed by atoms with Crippen molar-refractivity contribution in [2.24, 2.45) is 0 Å². The van der Waals surface area contributed by atoms with E-state index in [4.69, 9.17) is 11.6 Å². The van der Waals surface area contributed by atoms with E-state index in [2.05, 4.69) is 11.4 Å². The highest BCUT2D eigenvalue weighted by Crippen LogP contribution is 2.22.